The minimum absolute atomic E-state index is 0.201. The third kappa shape index (κ3) is 16.4. The summed E-state index contributed by atoms with van der Waals surface area (Å²) < 4.78 is 13.4. The minimum atomic E-state index is -0.694. The molecule has 0 radical (unpaired) electrons. The van der Waals surface area contributed by atoms with Crippen molar-refractivity contribution in [3.05, 3.63) is 70.5 Å². The number of aliphatic hydroxyl groups is 2. The molecule has 2 aromatic carbocycles. The van der Waals surface area contributed by atoms with Crippen LogP contribution in [0.3, 0.4) is 0 Å². The molecular weight excluding hydrogens is 743 g/mol. The first-order valence-corrected chi connectivity index (χ1v) is 24.2. The van der Waals surface area contributed by atoms with Gasteiger partial charge in [-0.3, -0.25) is 0 Å². The molecule has 4 aliphatic rings. The fourth-order valence-electron chi connectivity index (χ4n) is 10.3. The second-order valence-corrected chi connectivity index (χ2v) is 19.5. The van der Waals surface area contributed by atoms with Crippen LogP contribution >= 0.6 is 11.6 Å². The Kier molecular flexibility index (Phi) is 20.8. The lowest BCUT2D eigenvalue weighted by Crippen LogP contribution is -2.51. The molecule has 4 fully saturated rings. The van der Waals surface area contributed by atoms with Crippen molar-refractivity contribution in [1.29, 1.82) is 0 Å². The molecule has 2 saturated carbocycles. The summed E-state index contributed by atoms with van der Waals surface area (Å²) >= 11 is 6.51. The fraction of sp³-hybridized carbons (Fsp3) is 0.760. The molecule has 0 bridgehead atoms. The monoisotopic (exact) mass is 825 g/mol. The van der Waals surface area contributed by atoms with E-state index in [-0.39, 0.29) is 11.7 Å². The molecule has 328 valence electrons. The van der Waals surface area contributed by atoms with Gasteiger partial charge in [0, 0.05) is 95.1 Å². The average molecular weight is 826 g/mol. The van der Waals surface area contributed by atoms with Gasteiger partial charge < -0.3 is 29.8 Å². The van der Waals surface area contributed by atoms with Gasteiger partial charge in [0.15, 0.2) is 0 Å². The smallest absolute Gasteiger partial charge is 0.123 e. The van der Waals surface area contributed by atoms with Gasteiger partial charge in [0.25, 0.3) is 0 Å². The van der Waals surface area contributed by atoms with Gasteiger partial charge in [-0.1, -0.05) is 145 Å². The highest BCUT2D eigenvalue weighted by atomic mass is 35.5. The number of nitrogens with zero attached hydrogens (tertiary/aromatic N) is 4. The summed E-state index contributed by atoms with van der Waals surface area (Å²) in [6, 6.07) is 14.9. The van der Waals surface area contributed by atoms with Gasteiger partial charge in [-0.15, -0.1) is 0 Å². The first-order chi connectivity index (χ1) is 28.1. The van der Waals surface area contributed by atoms with E-state index in [9.17, 15) is 14.6 Å². The van der Waals surface area contributed by atoms with Crippen LogP contribution in [0.2, 0.25) is 5.02 Å². The predicted molar refractivity (Wildman–Crippen MR) is 242 cm³/mol. The van der Waals surface area contributed by atoms with E-state index in [1.54, 1.807) is 0 Å². The Morgan fingerprint density at radius 2 is 0.931 bits per heavy atom. The molecule has 4 atom stereocenters. The predicted octanol–water partition coefficient (Wildman–Crippen LogP) is 10.3. The molecule has 2 aliphatic heterocycles. The standard InChI is InChI=1S/C25H41ClN2O.C25H41FN2O/c1-27-16-18-28(19-17-27)21-23-13-8-6-4-2-3-5-7-11-15-25(23,29)20-22-12-9-10-14-24(22)26;1-27-16-18-28(19-17-27)21-23-10-8-6-4-2-3-5-7-9-15-25(23,29)20-22-11-13-24(26)14-12-22/h9-10,12,14,23,29H,2-8,11,13,15-21H2,1H3;11-14,23,29H,2-10,15-21H2,1H3. The zero-order valence-corrected chi connectivity index (χ0v) is 37.6. The summed E-state index contributed by atoms with van der Waals surface area (Å²) in [4.78, 5) is 9.95. The van der Waals surface area contributed by atoms with E-state index in [1.165, 1.54) is 102 Å². The molecule has 2 saturated heterocycles. The molecule has 4 unspecified atom stereocenters. The number of likely N-dealkylation sites (N-methyl/N-ethyl adjacent to an activating group) is 2. The highest BCUT2D eigenvalue weighted by Gasteiger charge is 2.39. The average Bonchev–Trinajstić information content (AvgIpc) is 3.21. The largest absolute Gasteiger partial charge is 0.389 e. The zero-order chi connectivity index (χ0) is 41.1. The van der Waals surface area contributed by atoms with Gasteiger partial charge in [0.1, 0.15) is 5.82 Å². The highest BCUT2D eigenvalue weighted by molar-refractivity contribution is 6.31. The Balaban J connectivity index is 0.000000221. The Hall–Kier alpha value is -1.58. The van der Waals surface area contributed by atoms with Crippen molar-refractivity contribution < 1.29 is 14.6 Å². The summed E-state index contributed by atoms with van der Waals surface area (Å²) in [5.41, 5.74) is 0.810. The summed E-state index contributed by atoms with van der Waals surface area (Å²) in [5, 5.41) is 24.9. The third-order valence-electron chi connectivity index (χ3n) is 14.4. The summed E-state index contributed by atoms with van der Waals surface area (Å²) in [6.07, 6.45) is 25.8. The van der Waals surface area contributed by atoms with Crippen molar-refractivity contribution in [2.24, 2.45) is 11.8 Å². The van der Waals surface area contributed by atoms with Crippen molar-refractivity contribution in [2.75, 3.05) is 79.5 Å². The molecule has 2 N–H and O–H groups in total. The molecule has 58 heavy (non-hydrogen) atoms. The fourth-order valence-corrected chi connectivity index (χ4v) is 10.5. The Morgan fingerprint density at radius 1 is 0.534 bits per heavy atom. The lowest BCUT2D eigenvalue weighted by atomic mass is 9.75. The maximum Gasteiger partial charge on any atom is 0.123 e. The van der Waals surface area contributed by atoms with E-state index >= 15 is 0 Å². The van der Waals surface area contributed by atoms with Crippen molar-refractivity contribution in [2.45, 2.75) is 152 Å². The number of hydrogen-bond acceptors (Lipinski definition) is 6. The van der Waals surface area contributed by atoms with Crippen LogP contribution in [0.1, 0.15) is 140 Å². The lowest BCUT2D eigenvalue weighted by molar-refractivity contribution is -0.0483. The molecule has 2 aromatic rings. The number of benzene rings is 2. The second kappa shape index (κ2) is 25.4. The normalized spacial score (nSPS) is 29.1. The van der Waals surface area contributed by atoms with Crippen molar-refractivity contribution >= 4 is 11.6 Å². The second-order valence-electron chi connectivity index (χ2n) is 19.1. The maximum atomic E-state index is 13.4. The van der Waals surface area contributed by atoms with E-state index in [2.05, 4.69) is 45.8 Å². The quantitative estimate of drug-likeness (QED) is 0.277. The number of hydrogen-bond donors (Lipinski definition) is 2. The number of halogens is 2. The van der Waals surface area contributed by atoms with Crippen LogP contribution in [-0.4, -0.2) is 121 Å². The van der Waals surface area contributed by atoms with Crippen LogP contribution in [0.5, 0.6) is 0 Å². The molecule has 6 rings (SSSR count). The van der Waals surface area contributed by atoms with E-state index in [0.717, 1.165) is 120 Å². The van der Waals surface area contributed by atoms with E-state index in [1.807, 2.05) is 24.3 Å². The first-order valence-electron chi connectivity index (χ1n) is 23.9. The van der Waals surface area contributed by atoms with Gasteiger partial charge in [-0.05, 0) is 69.1 Å². The van der Waals surface area contributed by atoms with Gasteiger partial charge >= 0.3 is 0 Å². The molecule has 2 heterocycles. The van der Waals surface area contributed by atoms with Crippen LogP contribution in [0, 0.1) is 17.7 Å². The van der Waals surface area contributed by atoms with E-state index < -0.39 is 11.2 Å². The Labute approximate surface area is 358 Å². The SMILES string of the molecule is CN1CCN(CC2CCCCCCCCCCC2(O)Cc2ccc(F)cc2)CC1.CN1CCN(CC2CCCCCCCCCCC2(O)Cc2ccccc2Cl)CC1. The maximum absolute atomic E-state index is 13.4. The van der Waals surface area contributed by atoms with Crippen LogP contribution in [0.15, 0.2) is 48.5 Å². The molecular formula is C50H82ClFN4O2. The number of piperazine rings is 2. The topological polar surface area (TPSA) is 53.4 Å². The van der Waals surface area contributed by atoms with Gasteiger partial charge in [0.05, 0.1) is 11.2 Å². The molecule has 8 heteroatoms. The van der Waals surface area contributed by atoms with E-state index in [0.29, 0.717) is 18.8 Å². The van der Waals surface area contributed by atoms with Crippen molar-refractivity contribution in [3.8, 4) is 0 Å². The van der Waals surface area contributed by atoms with E-state index in [4.69, 9.17) is 11.6 Å². The first kappa shape index (κ1) is 47.5. The van der Waals surface area contributed by atoms with Crippen LogP contribution < -0.4 is 0 Å². The van der Waals surface area contributed by atoms with Crippen LogP contribution in [0.25, 0.3) is 0 Å². The number of rotatable bonds is 8. The molecule has 0 amide bonds. The molecule has 0 aromatic heterocycles. The molecule has 0 spiro atoms. The molecule has 6 nitrogen and oxygen atoms in total. The minimum Gasteiger partial charge on any atom is -0.389 e. The highest BCUT2D eigenvalue weighted by Crippen LogP contribution is 2.37. The van der Waals surface area contributed by atoms with Crippen LogP contribution in [0.4, 0.5) is 4.39 Å². The van der Waals surface area contributed by atoms with Gasteiger partial charge in [0.2, 0.25) is 0 Å². The third-order valence-corrected chi connectivity index (χ3v) is 14.7. The molecule has 2 aliphatic carbocycles. The van der Waals surface area contributed by atoms with Gasteiger partial charge in [-0.2, -0.15) is 0 Å². The summed E-state index contributed by atoms with van der Waals surface area (Å²) in [5.74, 6) is 0.408. The van der Waals surface area contributed by atoms with Gasteiger partial charge in [-0.25, -0.2) is 4.39 Å². The lowest BCUT2D eigenvalue weighted by Gasteiger charge is -2.42. The summed E-state index contributed by atoms with van der Waals surface area (Å²) in [7, 11) is 4.40. The Bertz CT molecular complexity index is 1400. The zero-order valence-electron chi connectivity index (χ0n) is 36.8. The summed E-state index contributed by atoms with van der Waals surface area (Å²) in [6.45, 7) is 10.9. The van der Waals surface area contributed by atoms with Crippen molar-refractivity contribution in [1.82, 2.24) is 19.6 Å². The van der Waals surface area contributed by atoms with Crippen molar-refractivity contribution in [3.63, 3.8) is 0 Å². The van der Waals surface area contributed by atoms with Crippen LogP contribution in [-0.2, 0) is 12.8 Å². The Morgan fingerprint density at radius 3 is 1.38 bits per heavy atom.